The fourth-order valence-corrected chi connectivity index (χ4v) is 4.11. The molecule has 0 spiro atoms. The molecule has 28 heavy (non-hydrogen) atoms. The fraction of sp³-hybridized carbons (Fsp3) is 0.562. The molecule has 0 saturated heterocycles. The van der Waals surface area contributed by atoms with Gasteiger partial charge in [-0.2, -0.15) is 4.31 Å². The van der Waals surface area contributed by atoms with Gasteiger partial charge in [-0.15, -0.1) is 0 Å². The summed E-state index contributed by atoms with van der Waals surface area (Å²) in [6.45, 7) is 7.64. The Morgan fingerprint density at radius 2 is 1.96 bits per heavy atom. The topological polar surface area (TPSA) is 126 Å². The molecule has 0 aromatic heterocycles. The highest BCUT2D eigenvalue weighted by molar-refractivity contribution is 7.89. The van der Waals surface area contributed by atoms with Crippen molar-refractivity contribution >= 4 is 38.7 Å². The molecule has 10 nitrogen and oxygen atoms in total. The summed E-state index contributed by atoms with van der Waals surface area (Å²) < 4.78 is 32.2. The number of ether oxygens (including phenoxy) is 1. The third-order valence-corrected chi connectivity index (χ3v) is 6.10. The first-order valence-corrected chi connectivity index (χ1v) is 10.8. The van der Waals surface area contributed by atoms with Gasteiger partial charge >= 0.3 is 0 Å². The zero-order chi connectivity index (χ0) is 21.2. The van der Waals surface area contributed by atoms with Crippen LogP contribution in [0, 0.1) is 10.1 Å². The quantitative estimate of drug-likeness (QED) is 0.196. The van der Waals surface area contributed by atoms with Crippen molar-refractivity contribution in [2.75, 3.05) is 38.3 Å². The van der Waals surface area contributed by atoms with E-state index < -0.39 is 14.9 Å². The third kappa shape index (κ3) is 6.86. The van der Waals surface area contributed by atoms with Crippen molar-refractivity contribution in [3.63, 3.8) is 0 Å². The second-order valence-electron chi connectivity index (χ2n) is 5.58. The van der Waals surface area contributed by atoms with E-state index >= 15 is 0 Å². The fourth-order valence-electron chi connectivity index (χ4n) is 2.33. The van der Waals surface area contributed by atoms with Crippen LogP contribution in [0.3, 0.4) is 0 Å². The summed E-state index contributed by atoms with van der Waals surface area (Å²) in [6.07, 6.45) is 0.759. The Morgan fingerprint density at radius 3 is 2.54 bits per heavy atom. The SMILES string of the molecule is CCOCCCNC(=S)NNc1ccc([N+](=O)[O-])cc1S(=O)(=O)N(CC)CC. The van der Waals surface area contributed by atoms with Gasteiger partial charge in [0.15, 0.2) is 5.11 Å². The molecule has 0 aliphatic heterocycles. The number of nitrogens with one attached hydrogen (secondary N) is 3. The minimum atomic E-state index is -3.92. The van der Waals surface area contributed by atoms with Gasteiger partial charge in [0.25, 0.3) is 5.69 Å². The maximum absolute atomic E-state index is 12.9. The number of thiocarbonyl (C=S) groups is 1. The minimum absolute atomic E-state index is 0.163. The van der Waals surface area contributed by atoms with Gasteiger partial charge in [0.2, 0.25) is 10.0 Å². The van der Waals surface area contributed by atoms with E-state index in [-0.39, 0.29) is 34.5 Å². The van der Waals surface area contributed by atoms with Crippen LogP contribution in [0.2, 0.25) is 0 Å². The number of hydrogen-bond acceptors (Lipinski definition) is 7. The molecule has 0 bridgehead atoms. The number of sulfonamides is 1. The average Bonchev–Trinajstić information content (AvgIpc) is 2.66. The predicted molar refractivity (Wildman–Crippen MR) is 112 cm³/mol. The van der Waals surface area contributed by atoms with Gasteiger partial charge in [-0.25, -0.2) is 8.42 Å². The highest BCUT2D eigenvalue weighted by atomic mass is 32.2. The molecule has 0 unspecified atom stereocenters. The molecule has 0 radical (unpaired) electrons. The number of benzene rings is 1. The molecule has 158 valence electrons. The summed E-state index contributed by atoms with van der Waals surface area (Å²) in [5.41, 5.74) is 5.28. The van der Waals surface area contributed by atoms with Crippen LogP contribution in [0.4, 0.5) is 11.4 Å². The highest BCUT2D eigenvalue weighted by Gasteiger charge is 2.27. The van der Waals surface area contributed by atoms with Crippen LogP contribution >= 0.6 is 12.2 Å². The van der Waals surface area contributed by atoms with Crippen LogP contribution in [0.5, 0.6) is 0 Å². The van der Waals surface area contributed by atoms with Crippen LogP contribution in [0.1, 0.15) is 27.2 Å². The van der Waals surface area contributed by atoms with Crippen LogP contribution in [0.25, 0.3) is 0 Å². The number of hydrogen-bond donors (Lipinski definition) is 3. The van der Waals surface area contributed by atoms with Crippen molar-refractivity contribution in [3.05, 3.63) is 28.3 Å². The Bertz CT molecular complexity index is 769. The molecule has 1 aromatic rings. The Balaban J connectivity index is 2.94. The molecule has 0 amide bonds. The van der Waals surface area contributed by atoms with E-state index in [0.717, 1.165) is 12.5 Å². The third-order valence-electron chi connectivity index (χ3n) is 3.77. The van der Waals surface area contributed by atoms with E-state index in [0.29, 0.717) is 19.8 Å². The monoisotopic (exact) mass is 433 g/mol. The summed E-state index contributed by atoms with van der Waals surface area (Å²) in [5.74, 6) is 0. The summed E-state index contributed by atoms with van der Waals surface area (Å²) >= 11 is 5.14. The van der Waals surface area contributed by atoms with Crippen molar-refractivity contribution in [2.24, 2.45) is 0 Å². The highest BCUT2D eigenvalue weighted by Crippen LogP contribution is 2.28. The first-order chi connectivity index (χ1) is 13.3. The Hall–Kier alpha value is -2.02. The molecule has 0 aliphatic carbocycles. The number of hydrazine groups is 1. The normalized spacial score (nSPS) is 11.3. The number of nitro benzene ring substituents is 1. The standard InChI is InChI=1S/C16H27N5O5S2/c1-4-20(5-2)28(24,25)15-12-13(21(22)23)8-9-14(15)18-19-16(27)17-10-7-11-26-6-3/h8-9,12,18H,4-7,10-11H2,1-3H3,(H2,17,19,27). The smallest absolute Gasteiger partial charge is 0.270 e. The van der Waals surface area contributed by atoms with Gasteiger partial charge in [0.1, 0.15) is 4.90 Å². The molecule has 3 N–H and O–H groups in total. The molecule has 0 aliphatic rings. The van der Waals surface area contributed by atoms with E-state index in [2.05, 4.69) is 16.2 Å². The number of anilines is 1. The molecule has 12 heteroatoms. The van der Waals surface area contributed by atoms with Gasteiger partial charge in [-0.3, -0.25) is 21.0 Å². The zero-order valence-corrected chi connectivity index (χ0v) is 17.9. The molecule has 0 heterocycles. The maximum Gasteiger partial charge on any atom is 0.270 e. The number of nitrogens with zero attached hydrogens (tertiary/aromatic N) is 2. The minimum Gasteiger partial charge on any atom is -0.382 e. The van der Waals surface area contributed by atoms with Gasteiger partial charge in [-0.1, -0.05) is 13.8 Å². The van der Waals surface area contributed by atoms with Crippen molar-refractivity contribution in [2.45, 2.75) is 32.1 Å². The largest absolute Gasteiger partial charge is 0.382 e. The second kappa shape index (κ2) is 11.7. The van der Waals surface area contributed by atoms with E-state index in [9.17, 15) is 18.5 Å². The van der Waals surface area contributed by atoms with Crippen LogP contribution in [-0.4, -0.2) is 55.6 Å². The Labute approximate surface area is 170 Å². The Morgan fingerprint density at radius 1 is 1.29 bits per heavy atom. The summed E-state index contributed by atoms with van der Waals surface area (Å²) in [4.78, 5) is 10.2. The summed E-state index contributed by atoms with van der Waals surface area (Å²) in [6, 6.07) is 3.60. The van der Waals surface area contributed by atoms with Crippen molar-refractivity contribution in [3.8, 4) is 0 Å². The lowest BCUT2D eigenvalue weighted by Gasteiger charge is -2.21. The molecular formula is C16H27N5O5S2. The van der Waals surface area contributed by atoms with Gasteiger partial charge < -0.3 is 10.1 Å². The van der Waals surface area contributed by atoms with E-state index in [1.165, 1.54) is 16.4 Å². The summed E-state index contributed by atoms with van der Waals surface area (Å²) in [5, 5.41) is 14.3. The lowest BCUT2D eigenvalue weighted by molar-refractivity contribution is -0.385. The molecular weight excluding hydrogens is 406 g/mol. The second-order valence-corrected chi connectivity index (χ2v) is 7.90. The van der Waals surface area contributed by atoms with Gasteiger partial charge in [0, 0.05) is 45.0 Å². The van der Waals surface area contributed by atoms with Crippen molar-refractivity contribution < 1.29 is 18.1 Å². The molecule has 1 rings (SSSR count). The van der Waals surface area contributed by atoms with Crippen LogP contribution < -0.4 is 16.2 Å². The molecule has 0 fully saturated rings. The Kier molecular flexibility index (Phi) is 10.1. The first kappa shape index (κ1) is 24.0. The van der Waals surface area contributed by atoms with Gasteiger partial charge in [0.05, 0.1) is 10.6 Å². The molecule has 0 saturated carbocycles. The van der Waals surface area contributed by atoms with E-state index in [1.807, 2.05) is 6.92 Å². The number of non-ortho nitro benzene ring substituents is 1. The van der Waals surface area contributed by atoms with Crippen LogP contribution in [0.15, 0.2) is 23.1 Å². The average molecular weight is 434 g/mol. The van der Waals surface area contributed by atoms with Crippen LogP contribution in [-0.2, 0) is 14.8 Å². The van der Waals surface area contributed by atoms with E-state index in [4.69, 9.17) is 17.0 Å². The number of rotatable bonds is 12. The maximum atomic E-state index is 12.9. The predicted octanol–water partition coefficient (Wildman–Crippen LogP) is 1.84. The zero-order valence-electron chi connectivity index (χ0n) is 16.2. The lowest BCUT2D eigenvalue weighted by Crippen LogP contribution is -2.40. The lowest BCUT2D eigenvalue weighted by atomic mass is 10.3. The van der Waals surface area contributed by atoms with Gasteiger partial charge in [-0.05, 0) is 31.6 Å². The first-order valence-electron chi connectivity index (χ1n) is 8.94. The number of nitro groups is 1. The van der Waals surface area contributed by atoms with E-state index in [1.54, 1.807) is 13.8 Å². The van der Waals surface area contributed by atoms with Crippen molar-refractivity contribution in [1.82, 2.24) is 15.0 Å². The summed E-state index contributed by atoms with van der Waals surface area (Å²) in [7, 11) is -3.92. The molecule has 1 aromatic carbocycles. The molecule has 0 atom stereocenters. The van der Waals surface area contributed by atoms with Crippen molar-refractivity contribution in [1.29, 1.82) is 0 Å².